The first-order valence-corrected chi connectivity index (χ1v) is 10.3. The lowest BCUT2D eigenvalue weighted by Crippen LogP contribution is -2.18. The van der Waals surface area contributed by atoms with Crippen LogP contribution in [-0.2, 0) is 4.74 Å². The highest BCUT2D eigenvalue weighted by molar-refractivity contribution is 7.14. The first-order chi connectivity index (χ1) is 15.1. The minimum Gasteiger partial charge on any atom is -0.491 e. The largest absolute Gasteiger partial charge is 0.491 e. The van der Waals surface area contributed by atoms with Crippen molar-refractivity contribution >= 4 is 33.7 Å². The summed E-state index contributed by atoms with van der Waals surface area (Å²) < 4.78 is 12.7. The van der Waals surface area contributed by atoms with E-state index in [9.17, 15) is 4.79 Å². The molecule has 10 heteroatoms. The maximum atomic E-state index is 11.4. The Balaban J connectivity index is 1.54. The summed E-state index contributed by atoms with van der Waals surface area (Å²) in [6, 6.07) is 10.5. The zero-order chi connectivity index (χ0) is 21.8. The molecule has 1 aromatic carbocycles. The number of aryl methyl sites for hydroxylation is 1. The van der Waals surface area contributed by atoms with Crippen molar-refractivity contribution in [3.05, 3.63) is 59.2 Å². The molecule has 160 valence electrons. The molecule has 31 heavy (non-hydrogen) atoms. The van der Waals surface area contributed by atoms with Crippen molar-refractivity contribution in [2.24, 2.45) is 0 Å². The van der Waals surface area contributed by atoms with Crippen molar-refractivity contribution in [1.29, 1.82) is 0 Å². The van der Waals surface area contributed by atoms with Crippen LogP contribution in [0.1, 0.15) is 16.1 Å². The van der Waals surface area contributed by atoms with Crippen LogP contribution < -0.4 is 15.5 Å². The molecule has 0 aliphatic heterocycles. The van der Waals surface area contributed by atoms with Gasteiger partial charge in [-0.15, -0.1) is 11.3 Å². The number of carbonyl (C=O) groups is 1. The number of hydroxylamine groups is 1. The Morgan fingerprint density at radius 1 is 1.19 bits per heavy atom. The number of nitrogens with one attached hydrogen (secondary N) is 2. The molecule has 0 saturated carbocycles. The number of hydrogen-bond acceptors (Lipinski definition) is 8. The van der Waals surface area contributed by atoms with Crippen LogP contribution in [0.2, 0.25) is 0 Å². The second kappa shape index (κ2) is 9.13. The van der Waals surface area contributed by atoms with Crippen LogP contribution in [0.25, 0.3) is 17.0 Å². The number of carbonyl (C=O) groups excluding carboxylic acids is 1. The van der Waals surface area contributed by atoms with Gasteiger partial charge in [-0.3, -0.25) is 14.4 Å². The van der Waals surface area contributed by atoms with E-state index in [2.05, 4.69) is 10.3 Å². The Morgan fingerprint density at radius 2 is 2.00 bits per heavy atom. The molecule has 0 bridgehead atoms. The number of aromatic nitrogens is 3. The van der Waals surface area contributed by atoms with Crippen molar-refractivity contribution in [1.82, 2.24) is 19.8 Å². The van der Waals surface area contributed by atoms with Gasteiger partial charge in [0, 0.05) is 36.0 Å². The molecule has 3 N–H and O–H groups in total. The minimum atomic E-state index is -0.557. The molecule has 3 heterocycles. The smallest absolute Gasteiger partial charge is 0.274 e. The van der Waals surface area contributed by atoms with Crippen LogP contribution in [0.5, 0.6) is 5.75 Å². The van der Waals surface area contributed by atoms with Gasteiger partial charge in [0.15, 0.2) is 5.13 Å². The SMILES string of the molecule is COCCOc1ccn2c(-c3csc(Nc4ccc(C(=O)NO)cc4)n3)c(C)nc2c1. The fourth-order valence-corrected chi connectivity index (χ4v) is 3.83. The monoisotopic (exact) mass is 439 g/mol. The molecule has 4 rings (SSSR count). The molecular weight excluding hydrogens is 418 g/mol. The van der Waals surface area contributed by atoms with Crippen LogP contribution in [0, 0.1) is 6.92 Å². The number of nitrogens with zero attached hydrogens (tertiary/aromatic N) is 3. The lowest BCUT2D eigenvalue weighted by Gasteiger charge is -2.06. The van der Waals surface area contributed by atoms with E-state index in [0.717, 1.165) is 34.2 Å². The topological polar surface area (TPSA) is 110 Å². The third kappa shape index (κ3) is 4.50. The second-order valence-electron chi connectivity index (χ2n) is 6.66. The molecule has 0 fully saturated rings. The van der Waals surface area contributed by atoms with Crippen molar-refractivity contribution in [2.75, 3.05) is 25.6 Å². The van der Waals surface area contributed by atoms with Crippen molar-refractivity contribution in [2.45, 2.75) is 6.92 Å². The van der Waals surface area contributed by atoms with Crippen molar-refractivity contribution in [3.63, 3.8) is 0 Å². The Morgan fingerprint density at radius 3 is 2.74 bits per heavy atom. The summed E-state index contributed by atoms with van der Waals surface area (Å²) in [7, 11) is 1.64. The molecule has 0 saturated heterocycles. The molecule has 0 aliphatic carbocycles. The summed E-state index contributed by atoms with van der Waals surface area (Å²) in [4.78, 5) is 20.8. The molecule has 0 spiro atoms. The van der Waals surface area contributed by atoms with Crippen LogP contribution in [-0.4, -0.2) is 45.8 Å². The van der Waals surface area contributed by atoms with E-state index < -0.39 is 5.91 Å². The van der Waals surface area contributed by atoms with Gasteiger partial charge in [0.2, 0.25) is 0 Å². The predicted octanol–water partition coefficient (Wildman–Crippen LogP) is 3.65. The first-order valence-electron chi connectivity index (χ1n) is 9.47. The van der Waals surface area contributed by atoms with Gasteiger partial charge in [0.25, 0.3) is 5.91 Å². The van der Waals surface area contributed by atoms with Gasteiger partial charge in [-0.25, -0.2) is 15.4 Å². The van der Waals surface area contributed by atoms with Crippen LogP contribution in [0.3, 0.4) is 0 Å². The van der Waals surface area contributed by atoms with E-state index >= 15 is 0 Å². The standard InChI is InChI=1S/C21H21N5O4S/c1-13-19(26-8-7-16(11-18(26)22-13)30-10-9-29-2)17-12-31-21(24-17)23-15-5-3-14(4-6-15)20(27)25-28/h3-8,11-12,28H,9-10H2,1-2H3,(H,23,24)(H,25,27). The number of fused-ring (bicyclic) bond motifs is 1. The molecular formula is C21H21N5O4S. The quantitative estimate of drug-likeness (QED) is 0.218. The van der Waals surface area contributed by atoms with Crippen LogP contribution in [0.4, 0.5) is 10.8 Å². The van der Waals surface area contributed by atoms with Crippen LogP contribution >= 0.6 is 11.3 Å². The van der Waals surface area contributed by atoms with Gasteiger partial charge in [0.05, 0.1) is 18.0 Å². The molecule has 0 aliphatic rings. The Hall–Kier alpha value is -3.47. The number of ether oxygens (including phenoxy) is 2. The zero-order valence-electron chi connectivity index (χ0n) is 17.0. The van der Waals surface area contributed by atoms with Crippen molar-refractivity contribution in [3.8, 4) is 17.1 Å². The zero-order valence-corrected chi connectivity index (χ0v) is 17.8. The molecule has 4 aromatic rings. The number of pyridine rings is 1. The number of imidazole rings is 1. The maximum Gasteiger partial charge on any atom is 0.274 e. The van der Waals surface area contributed by atoms with Crippen molar-refractivity contribution < 1.29 is 19.5 Å². The highest BCUT2D eigenvalue weighted by Gasteiger charge is 2.15. The Labute approximate surface area is 182 Å². The maximum absolute atomic E-state index is 11.4. The Kier molecular flexibility index (Phi) is 6.12. The van der Waals surface area contributed by atoms with Gasteiger partial charge in [-0.2, -0.15) is 0 Å². The summed E-state index contributed by atoms with van der Waals surface area (Å²) in [5.41, 5.74) is 6.12. The highest BCUT2D eigenvalue weighted by atomic mass is 32.1. The predicted molar refractivity (Wildman–Crippen MR) is 117 cm³/mol. The van der Waals surface area contributed by atoms with E-state index in [1.165, 1.54) is 11.3 Å². The first kappa shape index (κ1) is 20.8. The molecule has 0 unspecified atom stereocenters. The molecule has 3 aromatic heterocycles. The number of amides is 1. The Bertz CT molecular complexity index is 1200. The fourth-order valence-electron chi connectivity index (χ4n) is 3.12. The molecule has 0 atom stereocenters. The van der Waals surface area contributed by atoms with Gasteiger partial charge < -0.3 is 14.8 Å². The summed E-state index contributed by atoms with van der Waals surface area (Å²) >= 11 is 1.47. The summed E-state index contributed by atoms with van der Waals surface area (Å²) in [5, 5.41) is 14.6. The van der Waals surface area contributed by atoms with E-state index in [1.807, 2.05) is 35.0 Å². The third-order valence-corrected chi connectivity index (χ3v) is 5.33. The minimum absolute atomic E-state index is 0.361. The van der Waals surface area contributed by atoms with Gasteiger partial charge >= 0.3 is 0 Å². The second-order valence-corrected chi connectivity index (χ2v) is 7.52. The summed E-state index contributed by atoms with van der Waals surface area (Å²) in [6.07, 6.45) is 1.92. The number of methoxy groups -OCH3 is 1. The number of thiazole rings is 1. The molecule has 9 nitrogen and oxygen atoms in total. The van der Waals surface area contributed by atoms with Gasteiger partial charge in [-0.1, -0.05) is 0 Å². The van der Waals surface area contributed by atoms with Crippen LogP contribution in [0.15, 0.2) is 48.0 Å². The number of anilines is 2. The number of benzene rings is 1. The summed E-state index contributed by atoms with van der Waals surface area (Å²) in [6.45, 7) is 2.95. The number of hydrogen-bond donors (Lipinski definition) is 3. The van der Waals surface area contributed by atoms with E-state index in [0.29, 0.717) is 23.9 Å². The molecule has 0 radical (unpaired) electrons. The summed E-state index contributed by atoms with van der Waals surface area (Å²) in [5.74, 6) is 0.179. The molecule has 1 amide bonds. The average molecular weight is 439 g/mol. The van der Waals surface area contributed by atoms with Gasteiger partial charge in [0.1, 0.15) is 23.7 Å². The normalized spacial score (nSPS) is 10.9. The van der Waals surface area contributed by atoms with E-state index in [-0.39, 0.29) is 0 Å². The van der Waals surface area contributed by atoms with E-state index in [1.54, 1.807) is 36.9 Å². The lowest BCUT2D eigenvalue weighted by atomic mass is 10.2. The van der Waals surface area contributed by atoms with Gasteiger partial charge in [-0.05, 0) is 37.3 Å². The lowest BCUT2D eigenvalue weighted by molar-refractivity contribution is 0.0706. The average Bonchev–Trinajstić information content (AvgIpc) is 3.36. The fraction of sp³-hybridized carbons (Fsp3) is 0.190. The third-order valence-electron chi connectivity index (χ3n) is 4.57. The van der Waals surface area contributed by atoms with E-state index in [4.69, 9.17) is 19.7 Å². The number of rotatable bonds is 8. The highest BCUT2D eigenvalue weighted by Crippen LogP contribution is 2.30.